The Morgan fingerprint density at radius 3 is 2.65 bits per heavy atom. The van der Waals surface area contributed by atoms with Crippen molar-refractivity contribution in [2.75, 3.05) is 6.61 Å². The molecule has 1 atom stereocenters. The Morgan fingerprint density at radius 2 is 1.96 bits per heavy atom. The maximum Gasteiger partial charge on any atom is 0.419 e. The van der Waals surface area contributed by atoms with Gasteiger partial charge in [0.15, 0.2) is 0 Å². The first-order valence-corrected chi connectivity index (χ1v) is 6.57. The molecule has 1 aromatic carbocycles. The minimum atomic E-state index is -4.78. The van der Waals surface area contributed by atoms with Gasteiger partial charge in [-0.3, -0.25) is 4.98 Å². The second kappa shape index (κ2) is 5.98. The van der Waals surface area contributed by atoms with Gasteiger partial charge in [-0.05, 0) is 29.8 Å². The lowest BCUT2D eigenvalue weighted by atomic mass is 9.82. The third-order valence-corrected chi connectivity index (χ3v) is 3.73. The van der Waals surface area contributed by atoms with Crippen LogP contribution in [0.15, 0.2) is 36.5 Å². The van der Waals surface area contributed by atoms with Gasteiger partial charge in [-0.1, -0.05) is 6.07 Å². The molecule has 124 valence electrons. The van der Waals surface area contributed by atoms with Gasteiger partial charge < -0.3 is 10.5 Å². The predicted octanol–water partition coefficient (Wildman–Crippen LogP) is 3.65. The number of pyridine rings is 1. The normalized spacial score (nSPS) is 20.2. The van der Waals surface area contributed by atoms with E-state index < -0.39 is 23.1 Å². The van der Waals surface area contributed by atoms with Crippen LogP contribution >= 0.6 is 12.4 Å². The van der Waals surface area contributed by atoms with Crippen LogP contribution in [0.1, 0.15) is 23.2 Å². The molecule has 0 radical (unpaired) electrons. The van der Waals surface area contributed by atoms with Crippen LogP contribution in [0.4, 0.5) is 17.6 Å². The average molecular weight is 349 g/mol. The van der Waals surface area contributed by atoms with Gasteiger partial charge in [0.1, 0.15) is 17.3 Å². The Hall–Kier alpha value is -1.86. The molecule has 0 spiro atoms. The number of ether oxygens (including phenoxy) is 1. The lowest BCUT2D eigenvalue weighted by Gasteiger charge is -2.35. The van der Waals surface area contributed by atoms with Crippen molar-refractivity contribution in [1.82, 2.24) is 4.98 Å². The van der Waals surface area contributed by atoms with Gasteiger partial charge in [-0.15, -0.1) is 12.4 Å². The van der Waals surface area contributed by atoms with Crippen molar-refractivity contribution in [3.63, 3.8) is 0 Å². The number of fused-ring (bicyclic) bond motifs is 1. The molecule has 2 N–H and O–H groups in total. The summed E-state index contributed by atoms with van der Waals surface area (Å²) in [7, 11) is 0. The molecule has 1 aliphatic rings. The van der Waals surface area contributed by atoms with E-state index in [1.54, 1.807) is 12.1 Å². The number of aromatic nitrogens is 1. The minimum Gasteiger partial charge on any atom is -0.491 e. The van der Waals surface area contributed by atoms with Gasteiger partial charge >= 0.3 is 6.18 Å². The van der Waals surface area contributed by atoms with Gasteiger partial charge in [0, 0.05) is 12.6 Å². The summed E-state index contributed by atoms with van der Waals surface area (Å²) in [4.78, 5) is 4.14. The van der Waals surface area contributed by atoms with Crippen LogP contribution in [-0.2, 0) is 11.7 Å². The maximum absolute atomic E-state index is 13.5. The predicted molar refractivity (Wildman–Crippen MR) is 78.0 cm³/mol. The molecule has 2 heterocycles. The number of rotatable bonds is 1. The number of nitrogens with zero attached hydrogens (tertiary/aromatic N) is 1. The molecule has 1 aliphatic heterocycles. The summed E-state index contributed by atoms with van der Waals surface area (Å²) in [6.45, 7) is 0.244. The Morgan fingerprint density at radius 1 is 1.22 bits per heavy atom. The highest BCUT2D eigenvalue weighted by atomic mass is 35.5. The quantitative estimate of drug-likeness (QED) is 0.800. The van der Waals surface area contributed by atoms with Crippen LogP contribution in [0.25, 0.3) is 0 Å². The fraction of sp³-hybridized carbons (Fsp3) is 0.267. The molecule has 23 heavy (non-hydrogen) atoms. The van der Waals surface area contributed by atoms with Crippen LogP contribution in [0, 0.1) is 5.82 Å². The number of hydrogen-bond donors (Lipinski definition) is 1. The molecule has 8 heteroatoms. The number of alkyl halides is 3. The maximum atomic E-state index is 13.5. The van der Waals surface area contributed by atoms with Crippen molar-refractivity contribution in [1.29, 1.82) is 0 Å². The van der Waals surface area contributed by atoms with Crippen molar-refractivity contribution >= 4 is 12.4 Å². The second-order valence-corrected chi connectivity index (χ2v) is 5.11. The zero-order chi connectivity index (χ0) is 16.0. The van der Waals surface area contributed by atoms with E-state index in [0.29, 0.717) is 11.4 Å². The fourth-order valence-corrected chi connectivity index (χ4v) is 2.58. The van der Waals surface area contributed by atoms with E-state index in [0.717, 1.165) is 12.1 Å². The molecular weight excluding hydrogens is 336 g/mol. The lowest BCUT2D eigenvalue weighted by molar-refractivity contribution is -0.140. The Labute approximate surface area is 135 Å². The Kier molecular flexibility index (Phi) is 4.54. The van der Waals surface area contributed by atoms with E-state index in [1.165, 1.54) is 12.3 Å². The highest BCUT2D eigenvalue weighted by Crippen LogP contribution is 2.40. The molecule has 2 aromatic rings. The topological polar surface area (TPSA) is 48.1 Å². The van der Waals surface area contributed by atoms with E-state index in [4.69, 9.17) is 10.5 Å². The zero-order valence-corrected chi connectivity index (χ0v) is 12.5. The van der Waals surface area contributed by atoms with Crippen LogP contribution in [0.3, 0.4) is 0 Å². The van der Waals surface area contributed by atoms with Gasteiger partial charge in [0.05, 0.1) is 17.7 Å². The number of benzene rings is 1. The third kappa shape index (κ3) is 2.98. The molecule has 0 fully saturated rings. The van der Waals surface area contributed by atoms with Gasteiger partial charge in [-0.25, -0.2) is 4.39 Å². The van der Waals surface area contributed by atoms with Crippen molar-refractivity contribution < 1.29 is 22.3 Å². The van der Waals surface area contributed by atoms with Gasteiger partial charge in [0.2, 0.25) is 0 Å². The second-order valence-electron chi connectivity index (χ2n) is 5.11. The fourth-order valence-electron chi connectivity index (χ4n) is 2.58. The van der Waals surface area contributed by atoms with Gasteiger partial charge in [-0.2, -0.15) is 13.2 Å². The van der Waals surface area contributed by atoms with Crippen molar-refractivity contribution in [3.05, 3.63) is 59.2 Å². The zero-order valence-electron chi connectivity index (χ0n) is 11.7. The molecule has 0 unspecified atom stereocenters. The number of halogens is 5. The summed E-state index contributed by atoms with van der Waals surface area (Å²) in [5, 5.41) is 0. The van der Waals surface area contributed by atoms with Gasteiger partial charge in [0.25, 0.3) is 0 Å². The van der Waals surface area contributed by atoms with E-state index in [9.17, 15) is 17.6 Å². The first-order valence-electron chi connectivity index (χ1n) is 6.57. The molecular formula is C15H13ClF4N2O. The highest BCUT2D eigenvalue weighted by molar-refractivity contribution is 5.85. The summed E-state index contributed by atoms with van der Waals surface area (Å²) < 4.78 is 57.6. The molecule has 0 aliphatic carbocycles. The lowest BCUT2D eigenvalue weighted by Crippen LogP contribution is -2.43. The average Bonchev–Trinajstić information content (AvgIpc) is 2.47. The molecule has 3 rings (SSSR count). The van der Waals surface area contributed by atoms with Crippen molar-refractivity contribution in [2.24, 2.45) is 5.73 Å². The van der Waals surface area contributed by atoms with Crippen molar-refractivity contribution in [2.45, 2.75) is 18.1 Å². The van der Waals surface area contributed by atoms with E-state index in [1.807, 2.05) is 0 Å². The molecule has 1 aromatic heterocycles. The first kappa shape index (κ1) is 17.5. The summed E-state index contributed by atoms with van der Waals surface area (Å²) in [6.07, 6.45) is -3.04. The first-order chi connectivity index (χ1) is 10.3. The molecule has 0 saturated heterocycles. The summed E-state index contributed by atoms with van der Waals surface area (Å²) in [6, 6.07) is 6.09. The van der Waals surface area contributed by atoms with E-state index >= 15 is 0 Å². The smallest absolute Gasteiger partial charge is 0.419 e. The standard InChI is InChI=1S/C15H12F4N2O.ClH/c16-11-4-3-9(8-10(11)15(17,18)19)14(20)5-7-22-12-2-1-6-21-13(12)14;/h1-4,6,8H,5,7,20H2;1H/t14-;/m0./s1. The van der Waals surface area contributed by atoms with Crippen LogP contribution < -0.4 is 10.5 Å². The molecule has 0 bridgehead atoms. The SMILES string of the molecule is Cl.N[C@]1(c2ccc(F)c(C(F)(F)F)c2)CCOc2cccnc21. The minimum absolute atomic E-state index is 0. The molecule has 0 saturated carbocycles. The monoisotopic (exact) mass is 348 g/mol. The Balaban J connectivity index is 0.00000192. The van der Waals surface area contributed by atoms with Crippen LogP contribution in [0.2, 0.25) is 0 Å². The highest BCUT2D eigenvalue weighted by Gasteiger charge is 2.40. The third-order valence-electron chi connectivity index (χ3n) is 3.73. The van der Waals surface area contributed by atoms with E-state index in [-0.39, 0.29) is 31.0 Å². The summed E-state index contributed by atoms with van der Waals surface area (Å²) >= 11 is 0. The number of nitrogens with two attached hydrogens (primary N) is 1. The van der Waals surface area contributed by atoms with Crippen LogP contribution in [-0.4, -0.2) is 11.6 Å². The number of hydrogen-bond acceptors (Lipinski definition) is 3. The largest absolute Gasteiger partial charge is 0.491 e. The summed E-state index contributed by atoms with van der Waals surface area (Å²) in [5.41, 5.74) is 4.25. The molecule has 3 nitrogen and oxygen atoms in total. The van der Waals surface area contributed by atoms with Crippen LogP contribution in [0.5, 0.6) is 5.75 Å². The summed E-state index contributed by atoms with van der Waals surface area (Å²) in [5.74, 6) is -0.901. The van der Waals surface area contributed by atoms with Crippen molar-refractivity contribution in [3.8, 4) is 5.75 Å². The Bertz CT molecular complexity index is 723. The molecule has 0 amide bonds. The van der Waals surface area contributed by atoms with E-state index in [2.05, 4.69) is 4.98 Å².